The Bertz CT molecular complexity index is 652. The van der Waals surface area contributed by atoms with Crippen LogP contribution in [0, 0.1) is 11.3 Å². The third-order valence-electron chi connectivity index (χ3n) is 3.15. The lowest BCUT2D eigenvalue weighted by molar-refractivity contribution is 0.218. The Labute approximate surface area is 122 Å². The Balaban J connectivity index is 2.12. The van der Waals surface area contributed by atoms with Gasteiger partial charge in [0.15, 0.2) is 0 Å². The summed E-state index contributed by atoms with van der Waals surface area (Å²) in [6.07, 6.45) is 1.52. The van der Waals surface area contributed by atoms with Gasteiger partial charge in [-0.2, -0.15) is 10.5 Å². The number of aliphatic hydroxyl groups is 1. The number of aromatic amines is 1. The van der Waals surface area contributed by atoms with Crippen molar-refractivity contribution in [3.05, 3.63) is 41.9 Å². The minimum atomic E-state index is -0.281. The molecule has 0 fully saturated rings. The molecule has 108 valence electrons. The zero-order chi connectivity index (χ0) is 15.3. The van der Waals surface area contributed by atoms with E-state index in [1.54, 1.807) is 0 Å². The fraction of sp³-hybridized carbons (Fsp3) is 0.286. The average Bonchev–Trinajstić information content (AvgIpc) is 3.03. The van der Waals surface area contributed by atoms with Crippen molar-refractivity contribution in [3.63, 3.8) is 0 Å². The van der Waals surface area contributed by atoms with Crippen LogP contribution in [0.1, 0.15) is 25.2 Å². The summed E-state index contributed by atoms with van der Waals surface area (Å²) in [6, 6.07) is 9.64. The number of nitriles is 1. The lowest BCUT2D eigenvalue weighted by Gasteiger charge is -2.22. The van der Waals surface area contributed by atoms with Crippen LogP contribution in [0.2, 0.25) is 0 Å². The van der Waals surface area contributed by atoms with Crippen LogP contribution in [-0.2, 0) is 5.41 Å². The lowest BCUT2D eigenvalue weighted by atomic mass is 9.85. The van der Waals surface area contributed by atoms with E-state index in [1.165, 1.54) is 6.20 Å². The number of hydrogen-bond acceptors (Lipinski definition) is 6. The SMILES string of the molecule is CC(C)(CO)c1ccc(NC=C(C#N)c2nn[nH]n2)cc1. The highest BCUT2D eigenvalue weighted by Gasteiger charge is 2.18. The highest BCUT2D eigenvalue weighted by molar-refractivity contribution is 5.74. The molecule has 0 aliphatic carbocycles. The molecule has 2 aromatic rings. The van der Waals surface area contributed by atoms with Crippen LogP contribution in [-0.4, -0.2) is 32.3 Å². The third kappa shape index (κ3) is 3.43. The Kier molecular flexibility index (Phi) is 4.30. The molecule has 1 aromatic carbocycles. The van der Waals surface area contributed by atoms with E-state index in [9.17, 15) is 5.11 Å². The van der Waals surface area contributed by atoms with Crippen molar-refractivity contribution >= 4 is 11.3 Å². The van der Waals surface area contributed by atoms with Gasteiger partial charge in [-0.05, 0) is 22.9 Å². The molecule has 1 aromatic heterocycles. The van der Waals surface area contributed by atoms with Gasteiger partial charge in [0, 0.05) is 17.3 Å². The summed E-state index contributed by atoms with van der Waals surface area (Å²) >= 11 is 0. The number of hydrogen-bond donors (Lipinski definition) is 3. The molecular weight excluding hydrogens is 268 g/mol. The van der Waals surface area contributed by atoms with Gasteiger partial charge in [0.05, 0.1) is 6.61 Å². The van der Waals surface area contributed by atoms with Crippen LogP contribution in [0.25, 0.3) is 5.57 Å². The van der Waals surface area contributed by atoms with Crippen molar-refractivity contribution in [3.8, 4) is 6.07 Å². The van der Waals surface area contributed by atoms with Gasteiger partial charge in [0.2, 0.25) is 5.82 Å². The van der Waals surface area contributed by atoms with E-state index in [0.717, 1.165) is 11.3 Å². The van der Waals surface area contributed by atoms with E-state index in [1.807, 2.05) is 44.2 Å². The molecule has 0 bridgehead atoms. The van der Waals surface area contributed by atoms with Crippen LogP contribution in [0.3, 0.4) is 0 Å². The largest absolute Gasteiger partial charge is 0.395 e. The number of anilines is 1. The standard InChI is InChI=1S/C14H16N6O/c1-14(2,9-21)11-3-5-12(6-4-11)16-8-10(7-15)13-17-19-20-18-13/h3-6,8,16,21H,9H2,1-2H3,(H,17,18,19,20). The molecule has 21 heavy (non-hydrogen) atoms. The summed E-state index contributed by atoms with van der Waals surface area (Å²) in [6.45, 7) is 4.02. The number of aliphatic hydroxyl groups excluding tert-OH is 1. The Morgan fingerprint density at radius 3 is 2.67 bits per heavy atom. The van der Waals surface area contributed by atoms with Gasteiger partial charge >= 0.3 is 0 Å². The van der Waals surface area contributed by atoms with Crippen LogP contribution < -0.4 is 5.32 Å². The van der Waals surface area contributed by atoms with Crippen molar-refractivity contribution in [2.75, 3.05) is 11.9 Å². The average molecular weight is 284 g/mol. The quantitative estimate of drug-likeness (QED) is 0.717. The Morgan fingerprint density at radius 1 is 1.43 bits per heavy atom. The van der Waals surface area contributed by atoms with Gasteiger partial charge in [-0.1, -0.05) is 26.0 Å². The molecule has 2 rings (SSSR count). The number of rotatable bonds is 5. The first-order chi connectivity index (χ1) is 10.1. The van der Waals surface area contributed by atoms with Crippen LogP contribution in [0.5, 0.6) is 0 Å². The first-order valence-corrected chi connectivity index (χ1v) is 6.39. The van der Waals surface area contributed by atoms with Gasteiger partial charge < -0.3 is 10.4 Å². The first kappa shape index (κ1) is 14.7. The predicted octanol–water partition coefficient (Wildman–Crippen LogP) is 1.45. The van der Waals surface area contributed by atoms with Crippen molar-refractivity contribution < 1.29 is 5.11 Å². The maximum Gasteiger partial charge on any atom is 0.216 e. The van der Waals surface area contributed by atoms with E-state index < -0.39 is 0 Å². The van der Waals surface area contributed by atoms with E-state index in [-0.39, 0.29) is 23.4 Å². The predicted molar refractivity (Wildman–Crippen MR) is 77.9 cm³/mol. The zero-order valence-corrected chi connectivity index (χ0v) is 11.8. The van der Waals surface area contributed by atoms with E-state index in [2.05, 4.69) is 25.9 Å². The number of H-pyrrole nitrogens is 1. The van der Waals surface area contributed by atoms with Crippen molar-refractivity contribution in [2.24, 2.45) is 0 Å². The zero-order valence-electron chi connectivity index (χ0n) is 11.8. The molecular formula is C14H16N6O. The second-order valence-electron chi connectivity index (χ2n) is 5.17. The summed E-state index contributed by atoms with van der Waals surface area (Å²) in [5.74, 6) is 0.239. The normalized spacial score (nSPS) is 12.0. The van der Waals surface area contributed by atoms with E-state index in [0.29, 0.717) is 0 Å². The van der Waals surface area contributed by atoms with Gasteiger partial charge in [-0.15, -0.1) is 10.2 Å². The van der Waals surface area contributed by atoms with Crippen LogP contribution in [0.4, 0.5) is 5.69 Å². The molecule has 0 saturated carbocycles. The number of nitrogens with one attached hydrogen (secondary N) is 2. The number of aromatic nitrogens is 4. The van der Waals surface area contributed by atoms with E-state index in [4.69, 9.17) is 5.26 Å². The maximum absolute atomic E-state index is 9.35. The van der Waals surface area contributed by atoms with Crippen LogP contribution in [0.15, 0.2) is 30.5 Å². The summed E-state index contributed by atoms with van der Waals surface area (Å²) in [5, 5.41) is 34.6. The molecule has 0 atom stereocenters. The molecule has 7 nitrogen and oxygen atoms in total. The lowest BCUT2D eigenvalue weighted by Crippen LogP contribution is -2.21. The third-order valence-corrected chi connectivity index (χ3v) is 3.15. The molecule has 0 saturated heterocycles. The molecule has 1 heterocycles. The minimum Gasteiger partial charge on any atom is -0.395 e. The number of benzene rings is 1. The molecule has 3 N–H and O–H groups in total. The second kappa shape index (κ2) is 6.15. The molecule has 0 amide bonds. The molecule has 0 spiro atoms. The second-order valence-corrected chi connectivity index (χ2v) is 5.17. The van der Waals surface area contributed by atoms with Gasteiger partial charge in [-0.25, -0.2) is 0 Å². The number of allylic oxidation sites excluding steroid dienone is 1. The van der Waals surface area contributed by atoms with Crippen molar-refractivity contribution in [1.29, 1.82) is 5.26 Å². The minimum absolute atomic E-state index is 0.0795. The van der Waals surface area contributed by atoms with E-state index >= 15 is 0 Å². The van der Waals surface area contributed by atoms with Crippen molar-refractivity contribution in [1.82, 2.24) is 20.6 Å². The summed E-state index contributed by atoms with van der Waals surface area (Å²) < 4.78 is 0. The highest BCUT2D eigenvalue weighted by Crippen LogP contribution is 2.24. The molecule has 0 aliphatic rings. The maximum atomic E-state index is 9.35. The Morgan fingerprint density at radius 2 is 2.14 bits per heavy atom. The van der Waals surface area contributed by atoms with Crippen molar-refractivity contribution in [2.45, 2.75) is 19.3 Å². The molecule has 7 heteroatoms. The fourth-order valence-corrected chi connectivity index (χ4v) is 1.69. The summed E-state index contributed by atoms with van der Waals surface area (Å²) in [5.41, 5.74) is 1.86. The molecule has 0 unspecified atom stereocenters. The number of nitrogens with zero attached hydrogens (tertiary/aromatic N) is 4. The number of tetrazole rings is 1. The topological polar surface area (TPSA) is 111 Å². The monoisotopic (exact) mass is 284 g/mol. The summed E-state index contributed by atoms with van der Waals surface area (Å²) in [7, 11) is 0. The van der Waals surface area contributed by atoms with Gasteiger partial charge in [-0.3, -0.25) is 0 Å². The van der Waals surface area contributed by atoms with Gasteiger partial charge in [0.1, 0.15) is 11.6 Å². The first-order valence-electron chi connectivity index (χ1n) is 6.39. The highest BCUT2D eigenvalue weighted by atomic mass is 16.3. The fourth-order valence-electron chi connectivity index (χ4n) is 1.69. The van der Waals surface area contributed by atoms with Crippen LogP contribution >= 0.6 is 0 Å². The smallest absolute Gasteiger partial charge is 0.216 e. The molecule has 0 radical (unpaired) electrons. The van der Waals surface area contributed by atoms with Gasteiger partial charge in [0.25, 0.3) is 0 Å². The summed E-state index contributed by atoms with van der Waals surface area (Å²) in [4.78, 5) is 0. The molecule has 0 aliphatic heterocycles. The Hall–Kier alpha value is -2.72.